The fraction of sp³-hybridized carbons (Fsp3) is 0.433. The number of thioether (sulfide) groups is 1. The van der Waals surface area contributed by atoms with E-state index in [9.17, 15) is 4.79 Å². The molecule has 0 aromatic heterocycles. The quantitative estimate of drug-likeness (QED) is 0.148. The number of likely N-dealkylation sites (N-methyl/N-ethyl adjacent to an activating group) is 1. The molecule has 1 aliphatic heterocycles. The average Bonchev–Trinajstić information content (AvgIpc) is 2.99. The Morgan fingerprint density at radius 2 is 2.10 bits per heavy atom. The van der Waals surface area contributed by atoms with Gasteiger partial charge >= 0.3 is 0 Å². The molecule has 1 fully saturated rings. The third-order valence-electron chi connectivity index (χ3n) is 6.74. The van der Waals surface area contributed by atoms with E-state index in [1.54, 1.807) is 11.8 Å². The van der Waals surface area contributed by atoms with Crippen LogP contribution in [0.1, 0.15) is 47.6 Å². The molecular weight excluding hydrogens is 759 g/mol. The van der Waals surface area contributed by atoms with E-state index >= 15 is 0 Å². The van der Waals surface area contributed by atoms with Gasteiger partial charge in [-0.3, -0.25) is 9.69 Å². The maximum absolute atomic E-state index is 12.0. The second kappa shape index (κ2) is 18.8. The zero-order valence-electron chi connectivity index (χ0n) is 23.1. The van der Waals surface area contributed by atoms with Crippen molar-refractivity contribution in [3.05, 3.63) is 70.8 Å². The number of halogens is 3. The van der Waals surface area contributed by atoms with Crippen LogP contribution in [-0.4, -0.2) is 61.4 Å². The van der Waals surface area contributed by atoms with E-state index in [1.165, 1.54) is 16.5 Å². The van der Waals surface area contributed by atoms with Crippen LogP contribution in [0.5, 0.6) is 0 Å². The Kier molecular flexibility index (Phi) is 15.9. The van der Waals surface area contributed by atoms with Crippen molar-refractivity contribution in [2.24, 2.45) is 0 Å². The molecular formula is C30H35BrClIN2O4S2. The summed E-state index contributed by atoms with van der Waals surface area (Å²) < 4.78 is 17.6. The van der Waals surface area contributed by atoms with Crippen LogP contribution in [0.15, 0.2) is 53.4 Å². The predicted molar refractivity (Wildman–Crippen MR) is 183 cm³/mol. The normalized spacial score (nSPS) is 20.8. The van der Waals surface area contributed by atoms with E-state index in [0.29, 0.717) is 25.9 Å². The second-order valence-electron chi connectivity index (χ2n) is 9.75. The monoisotopic (exact) mass is 792 g/mol. The van der Waals surface area contributed by atoms with Crippen LogP contribution in [0.3, 0.4) is 0 Å². The maximum atomic E-state index is 12.0. The molecule has 1 aliphatic rings. The third-order valence-corrected chi connectivity index (χ3v) is 9.82. The summed E-state index contributed by atoms with van der Waals surface area (Å²) in [5, 5.41) is 2.93. The van der Waals surface area contributed by atoms with E-state index in [1.807, 2.05) is 47.3 Å². The highest BCUT2D eigenvalue weighted by molar-refractivity contribution is 14.1. The molecule has 2 aromatic carbocycles. The number of carbonyl (C=O) groups excluding carboxylic acids is 1. The first-order chi connectivity index (χ1) is 19.9. The fourth-order valence-electron chi connectivity index (χ4n) is 4.55. The number of benzene rings is 2. The smallest absolute Gasteiger partial charge is 0.220 e. The van der Waals surface area contributed by atoms with Crippen LogP contribution >= 0.6 is 72.7 Å². The fourth-order valence-corrected chi connectivity index (χ4v) is 7.01. The zero-order chi connectivity index (χ0) is 29.6. The summed E-state index contributed by atoms with van der Waals surface area (Å²) in [6.07, 6.45) is 13.6. The lowest BCUT2D eigenvalue weighted by Crippen LogP contribution is -2.41. The van der Waals surface area contributed by atoms with E-state index in [2.05, 4.69) is 76.0 Å². The van der Waals surface area contributed by atoms with E-state index in [0.717, 1.165) is 41.0 Å². The van der Waals surface area contributed by atoms with Crippen LogP contribution in [0.25, 0.3) is 6.08 Å². The highest BCUT2D eigenvalue weighted by atomic mass is 127. The average molecular weight is 794 g/mol. The SMILES string of the molecule is C#CCN(C)CCNC(=O)CC/C=C/c1ccc(Cc2cc([C@@H]3O[C@H](SC)[C@@H](OBr)C[C@H]3OI)ccc2SCl)cc1. The lowest BCUT2D eigenvalue weighted by atomic mass is 9.94. The Bertz CT molecular complexity index is 1180. The molecule has 3 rings (SSSR count). The van der Waals surface area contributed by atoms with Crippen LogP contribution in [0, 0.1) is 12.3 Å². The number of nitrogens with one attached hydrogen (secondary N) is 1. The Hall–Kier alpha value is -0.750. The highest BCUT2D eigenvalue weighted by Crippen LogP contribution is 2.41. The topological polar surface area (TPSA) is 60.0 Å². The Morgan fingerprint density at radius 3 is 2.76 bits per heavy atom. The minimum atomic E-state index is -0.208. The van der Waals surface area contributed by atoms with Gasteiger partial charge in [0.05, 0.1) is 22.8 Å². The molecule has 0 saturated carbocycles. The van der Waals surface area contributed by atoms with Gasteiger partial charge in [0.1, 0.15) is 46.8 Å². The molecule has 0 unspecified atom stereocenters. The van der Waals surface area contributed by atoms with Crippen molar-refractivity contribution in [1.82, 2.24) is 10.2 Å². The first-order valence-corrected chi connectivity index (χ1v) is 17.7. The molecule has 1 amide bonds. The van der Waals surface area contributed by atoms with Gasteiger partial charge in [-0.05, 0) is 76.1 Å². The van der Waals surface area contributed by atoms with Gasteiger partial charge in [-0.15, -0.1) is 18.2 Å². The summed E-state index contributed by atoms with van der Waals surface area (Å²) in [5.74, 6) is 2.64. The van der Waals surface area contributed by atoms with Gasteiger partial charge in [-0.1, -0.05) is 54.5 Å². The summed E-state index contributed by atoms with van der Waals surface area (Å²) in [6, 6.07) is 14.8. The largest absolute Gasteiger partial charge is 0.355 e. The van der Waals surface area contributed by atoms with Gasteiger partial charge in [0.15, 0.2) is 0 Å². The molecule has 2 aromatic rings. The molecule has 0 aliphatic carbocycles. The second-order valence-corrected chi connectivity index (χ2v) is 12.6. The van der Waals surface area contributed by atoms with Gasteiger partial charge < -0.3 is 16.9 Å². The number of amides is 1. The zero-order valence-corrected chi connectivity index (χ0v) is 29.2. The van der Waals surface area contributed by atoms with Gasteiger partial charge in [0.2, 0.25) is 5.91 Å². The predicted octanol–water partition coefficient (Wildman–Crippen LogP) is 7.58. The van der Waals surface area contributed by atoms with Crippen molar-refractivity contribution in [2.45, 2.75) is 54.3 Å². The van der Waals surface area contributed by atoms with Gasteiger partial charge in [-0.25, -0.2) is 0 Å². The molecule has 41 heavy (non-hydrogen) atoms. The van der Waals surface area contributed by atoms with E-state index < -0.39 is 0 Å². The van der Waals surface area contributed by atoms with Crippen LogP contribution in [-0.2, 0) is 22.8 Å². The number of hydrogen-bond donors (Lipinski definition) is 1. The van der Waals surface area contributed by atoms with Crippen molar-refractivity contribution >= 4 is 84.7 Å². The lowest BCUT2D eigenvalue weighted by Gasteiger charge is -2.38. The number of nitrogens with zero attached hydrogens (tertiary/aromatic N) is 1. The number of hydrogen-bond acceptors (Lipinski definition) is 7. The molecule has 222 valence electrons. The molecule has 6 nitrogen and oxygen atoms in total. The summed E-state index contributed by atoms with van der Waals surface area (Å²) >= 11 is 6.72. The number of allylic oxidation sites excluding steroid dienone is 1. The minimum absolute atomic E-state index is 0.0459. The molecule has 1 N–H and O–H groups in total. The third kappa shape index (κ3) is 11.0. The molecule has 1 saturated heterocycles. The standard InChI is InChI=1S/C30H35BrClIN2O4S2/c1-4-16-35(2)17-15-34-28(36)8-6-5-7-21-9-11-22(12-10-21)18-24-19-23(13-14-27(24)41-32)29-25(39-33)20-26(38-31)30(37-29)40-3/h1,5,7,9-14,19,25-26,29-30H,6,8,15-18,20H2,2-3H3,(H,34,36)/b7-5+/t25-,26+,29+,30-/m1/s1. The molecule has 0 bridgehead atoms. The van der Waals surface area contributed by atoms with Crippen molar-refractivity contribution in [2.75, 3.05) is 32.9 Å². The van der Waals surface area contributed by atoms with Crippen molar-refractivity contribution < 1.29 is 16.4 Å². The molecule has 4 atom stereocenters. The lowest BCUT2D eigenvalue weighted by molar-refractivity contribution is -0.121. The summed E-state index contributed by atoms with van der Waals surface area (Å²) in [7, 11) is 9.40. The van der Waals surface area contributed by atoms with Gasteiger partial charge in [-0.2, -0.15) is 0 Å². The molecule has 11 heteroatoms. The van der Waals surface area contributed by atoms with Crippen molar-refractivity contribution in [1.29, 1.82) is 0 Å². The number of terminal acetylenes is 1. The number of carbonyl (C=O) groups is 1. The van der Waals surface area contributed by atoms with Crippen LogP contribution < -0.4 is 5.32 Å². The Balaban J connectivity index is 1.58. The highest BCUT2D eigenvalue weighted by Gasteiger charge is 2.40. The molecule has 1 heterocycles. The Labute approximate surface area is 279 Å². The molecule has 0 spiro atoms. The first-order valence-electron chi connectivity index (χ1n) is 13.2. The number of rotatable bonds is 15. The molecule has 0 radical (unpaired) electrons. The summed E-state index contributed by atoms with van der Waals surface area (Å²) in [5.41, 5.74) is 4.37. The van der Waals surface area contributed by atoms with E-state index in [-0.39, 0.29) is 29.7 Å². The van der Waals surface area contributed by atoms with Crippen molar-refractivity contribution in [3.8, 4) is 12.3 Å². The number of ether oxygens (including phenoxy) is 1. The van der Waals surface area contributed by atoms with Gasteiger partial charge in [0.25, 0.3) is 0 Å². The van der Waals surface area contributed by atoms with Crippen LogP contribution in [0.2, 0.25) is 0 Å². The summed E-state index contributed by atoms with van der Waals surface area (Å²) in [4.78, 5) is 15.1. The van der Waals surface area contributed by atoms with Crippen LogP contribution in [0.4, 0.5) is 0 Å². The van der Waals surface area contributed by atoms with E-state index in [4.69, 9.17) is 28.7 Å². The Morgan fingerprint density at radius 1 is 1.32 bits per heavy atom. The van der Waals surface area contributed by atoms with Gasteiger partial charge in [0, 0.05) is 30.8 Å². The van der Waals surface area contributed by atoms with Crippen molar-refractivity contribution in [3.63, 3.8) is 0 Å². The summed E-state index contributed by atoms with van der Waals surface area (Å²) in [6.45, 7) is 1.91. The minimum Gasteiger partial charge on any atom is -0.355 e. The first kappa shape index (κ1) is 34.7. The maximum Gasteiger partial charge on any atom is 0.220 e.